The van der Waals surface area contributed by atoms with E-state index in [2.05, 4.69) is 0 Å². The highest BCUT2D eigenvalue weighted by Crippen LogP contribution is 2.13. The summed E-state index contributed by atoms with van der Waals surface area (Å²) in [4.78, 5) is 22.8. The van der Waals surface area contributed by atoms with E-state index in [9.17, 15) is 9.59 Å². The maximum atomic E-state index is 11.4. The second kappa shape index (κ2) is 4.54. The first-order chi connectivity index (χ1) is 7.11. The molecule has 6 nitrogen and oxygen atoms in total. The summed E-state index contributed by atoms with van der Waals surface area (Å²) in [6.45, 7) is 1.71. The van der Waals surface area contributed by atoms with Crippen LogP contribution in [0.4, 0.5) is 0 Å². The topological polar surface area (TPSA) is 110 Å². The molecule has 0 aliphatic carbocycles. The summed E-state index contributed by atoms with van der Waals surface area (Å²) in [6, 6.07) is 4.87. The van der Waals surface area contributed by atoms with E-state index in [0.717, 1.165) is 0 Å². The molecule has 2 amide bonds. The summed E-state index contributed by atoms with van der Waals surface area (Å²) in [7, 11) is 0. The number of nitrogen functional groups attached to an aromatic ring is 2. The highest BCUT2D eigenvalue weighted by atomic mass is 16.2. The van der Waals surface area contributed by atoms with Crippen LogP contribution >= 0.6 is 0 Å². The van der Waals surface area contributed by atoms with E-state index in [-0.39, 0.29) is 11.1 Å². The van der Waals surface area contributed by atoms with Crippen molar-refractivity contribution in [3.63, 3.8) is 0 Å². The molecular formula is C9H12N4O2. The number of carbonyl (C=O) groups is 2. The van der Waals surface area contributed by atoms with Crippen molar-refractivity contribution < 1.29 is 9.59 Å². The number of carbonyl (C=O) groups excluding carboxylic acids is 2. The molecule has 1 rings (SSSR count). The van der Waals surface area contributed by atoms with Crippen LogP contribution in [-0.4, -0.2) is 11.8 Å². The molecule has 0 radical (unpaired) electrons. The van der Waals surface area contributed by atoms with Crippen molar-refractivity contribution >= 4 is 11.8 Å². The molecule has 80 valence electrons. The normalized spacial score (nSPS) is 9.53. The summed E-state index contributed by atoms with van der Waals surface area (Å²) in [5.74, 6) is 8.97. The Morgan fingerprint density at radius 2 is 1.73 bits per heavy atom. The molecule has 0 unspecified atom stereocenters. The lowest BCUT2D eigenvalue weighted by Crippen LogP contribution is -2.35. The molecule has 0 bridgehead atoms. The second-order valence-corrected chi connectivity index (χ2v) is 2.94. The van der Waals surface area contributed by atoms with Crippen molar-refractivity contribution in [2.45, 2.75) is 6.92 Å². The van der Waals surface area contributed by atoms with Gasteiger partial charge in [0.15, 0.2) is 0 Å². The molecule has 0 aromatic heterocycles. The van der Waals surface area contributed by atoms with Gasteiger partial charge in [-0.1, -0.05) is 12.1 Å². The van der Waals surface area contributed by atoms with E-state index >= 15 is 0 Å². The van der Waals surface area contributed by atoms with Crippen LogP contribution in [0.3, 0.4) is 0 Å². The van der Waals surface area contributed by atoms with Gasteiger partial charge in [-0.3, -0.25) is 20.4 Å². The van der Waals surface area contributed by atoms with Gasteiger partial charge < -0.3 is 0 Å². The lowest BCUT2D eigenvalue weighted by Gasteiger charge is -2.09. The number of aryl methyl sites for hydroxylation is 1. The van der Waals surface area contributed by atoms with Gasteiger partial charge in [-0.25, -0.2) is 11.7 Å². The number of benzene rings is 1. The number of nitrogens with two attached hydrogens (primary N) is 2. The molecular weight excluding hydrogens is 196 g/mol. The molecule has 0 fully saturated rings. The van der Waals surface area contributed by atoms with Crippen LogP contribution in [0.15, 0.2) is 18.2 Å². The number of nitrogens with one attached hydrogen (secondary N) is 2. The maximum Gasteiger partial charge on any atom is 0.266 e. The summed E-state index contributed by atoms with van der Waals surface area (Å²) in [5, 5.41) is 0. The van der Waals surface area contributed by atoms with Gasteiger partial charge in [-0.05, 0) is 18.6 Å². The first-order valence-corrected chi connectivity index (χ1v) is 4.23. The van der Waals surface area contributed by atoms with Crippen molar-refractivity contribution in [1.82, 2.24) is 10.9 Å². The molecule has 0 spiro atoms. The zero-order valence-electron chi connectivity index (χ0n) is 8.20. The third kappa shape index (κ3) is 2.12. The van der Waals surface area contributed by atoms with Gasteiger partial charge in [-0.2, -0.15) is 0 Å². The Bertz CT molecular complexity index is 403. The van der Waals surface area contributed by atoms with E-state index in [1.54, 1.807) is 19.1 Å². The summed E-state index contributed by atoms with van der Waals surface area (Å²) in [6.07, 6.45) is 0. The average molecular weight is 208 g/mol. The number of rotatable bonds is 2. The summed E-state index contributed by atoms with van der Waals surface area (Å²) >= 11 is 0. The first kappa shape index (κ1) is 11.2. The van der Waals surface area contributed by atoms with Crippen LogP contribution in [0.1, 0.15) is 26.3 Å². The minimum Gasteiger partial charge on any atom is -0.290 e. The maximum absolute atomic E-state index is 11.4. The summed E-state index contributed by atoms with van der Waals surface area (Å²) < 4.78 is 0. The average Bonchev–Trinajstić information content (AvgIpc) is 2.26. The highest BCUT2D eigenvalue weighted by Gasteiger charge is 2.17. The van der Waals surface area contributed by atoms with Crippen molar-refractivity contribution in [3.8, 4) is 0 Å². The lowest BCUT2D eigenvalue weighted by molar-refractivity contribution is 0.0919. The van der Waals surface area contributed by atoms with Crippen LogP contribution in [-0.2, 0) is 0 Å². The van der Waals surface area contributed by atoms with Gasteiger partial charge in [0, 0.05) is 0 Å². The van der Waals surface area contributed by atoms with Crippen molar-refractivity contribution in [2.75, 3.05) is 0 Å². The van der Waals surface area contributed by atoms with Gasteiger partial charge >= 0.3 is 0 Å². The molecule has 6 heteroatoms. The molecule has 0 aliphatic rings. The number of hydrogen-bond donors (Lipinski definition) is 4. The van der Waals surface area contributed by atoms with Gasteiger partial charge in [0.2, 0.25) is 0 Å². The van der Waals surface area contributed by atoms with E-state index < -0.39 is 11.8 Å². The second-order valence-electron chi connectivity index (χ2n) is 2.94. The monoisotopic (exact) mass is 208 g/mol. The van der Waals surface area contributed by atoms with Crippen LogP contribution in [0.2, 0.25) is 0 Å². The zero-order chi connectivity index (χ0) is 11.4. The van der Waals surface area contributed by atoms with E-state index in [1.165, 1.54) is 6.07 Å². The van der Waals surface area contributed by atoms with Crippen molar-refractivity contribution in [1.29, 1.82) is 0 Å². The molecule has 0 aliphatic heterocycles. The van der Waals surface area contributed by atoms with Crippen LogP contribution in [0, 0.1) is 6.92 Å². The molecule has 0 atom stereocenters. The number of hydrazine groups is 2. The third-order valence-corrected chi connectivity index (χ3v) is 2.01. The molecule has 1 aromatic rings. The molecule has 6 N–H and O–H groups in total. The van der Waals surface area contributed by atoms with E-state index in [1.807, 2.05) is 10.9 Å². The highest BCUT2D eigenvalue weighted by molar-refractivity contribution is 6.07. The smallest absolute Gasteiger partial charge is 0.266 e. The minimum absolute atomic E-state index is 0.195. The van der Waals surface area contributed by atoms with Gasteiger partial charge in [-0.15, -0.1) is 0 Å². The largest absolute Gasteiger partial charge is 0.290 e. The van der Waals surface area contributed by atoms with Crippen molar-refractivity contribution in [3.05, 3.63) is 34.9 Å². The standard InChI is InChI=1S/C9H12N4O2/c1-5-3-2-4-6(8(14)12-10)7(5)9(15)13-11/h2-4H,10-11H2,1H3,(H,12,14)(H,13,15). The quantitative estimate of drug-likeness (QED) is 0.290. The first-order valence-electron chi connectivity index (χ1n) is 4.23. The zero-order valence-corrected chi connectivity index (χ0v) is 8.20. The van der Waals surface area contributed by atoms with Crippen LogP contribution in [0.5, 0.6) is 0 Å². The Balaban J connectivity index is 3.32. The Morgan fingerprint density at radius 3 is 2.27 bits per heavy atom. The Morgan fingerprint density at radius 1 is 1.13 bits per heavy atom. The third-order valence-electron chi connectivity index (χ3n) is 2.01. The summed E-state index contributed by atoms with van der Waals surface area (Å²) in [5.41, 5.74) is 5.02. The number of amides is 2. The minimum atomic E-state index is -0.530. The lowest BCUT2D eigenvalue weighted by atomic mass is 10.0. The molecule has 0 heterocycles. The fourth-order valence-electron chi connectivity index (χ4n) is 1.31. The molecule has 0 saturated carbocycles. The van der Waals surface area contributed by atoms with E-state index in [4.69, 9.17) is 11.7 Å². The van der Waals surface area contributed by atoms with Gasteiger partial charge in [0.1, 0.15) is 0 Å². The Labute approximate surface area is 86.6 Å². The molecule has 0 saturated heterocycles. The van der Waals surface area contributed by atoms with Gasteiger partial charge in [0.25, 0.3) is 11.8 Å². The SMILES string of the molecule is Cc1cccc(C(=O)NN)c1C(=O)NN. The predicted octanol–water partition coefficient (Wildman–Crippen LogP) is -0.798. The van der Waals surface area contributed by atoms with Crippen LogP contribution in [0.25, 0.3) is 0 Å². The molecule has 1 aromatic carbocycles. The van der Waals surface area contributed by atoms with Crippen molar-refractivity contribution in [2.24, 2.45) is 11.7 Å². The molecule has 15 heavy (non-hydrogen) atoms. The predicted molar refractivity (Wildman–Crippen MR) is 54.5 cm³/mol. The fourth-order valence-corrected chi connectivity index (χ4v) is 1.31. The Hall–Kier alpha value is -1.92. The van der Waals surface area contributed by atoms with Gasteiger partial charge in [0.05, 0.1) is 11.1 Å². The van der Waals surface area contributed by atoms with Crippen LogP contribution < -0.4 is 22.5 Å². The Kier molecular flexibility index (Phi) is 3.37. The van der Waals surface area contributed by atoms with E-state index in [0.29, 0.717) is 5.56 Å². The number of hydrogen-bond acceptors (Lipinski definition) is 4. The fraction of sp³-hybridized carbons (Fsp3) is 0.111.